The number of hydrogen-bond acceptors (Lipinski definition) is 6. The third kappa shape index (κ3) is 4.19. The fourth-order valence-corrected chi connectivity index (χ4v) is 2.85. The molecule has 1 saturated heterocycles. The van der Waals surface area contributed by atoms with Crippen molar-refractivity contribution in [1.82, 2.24) is 19.7 Å². The number of aryl methyl sites for hydroxylation is 1. The number of hydrogen-bond donors (Lipinski definition) is 2. The first-order chi connectivity index (χ1) is 11.2. The van der Waals surface area contributed by atoms with Crippen LogP contribution in [-0.4, -0.2) is 50.1 Å². The van der Waals surface area contributed by atoms with Crippen molar-refractivity contribution in [2.45, 2.75) is 44.9 Å². The first-order valence-electron chi connectivity index (χ1n) is 8.19. The van der Waals surface area contributed by atoms with Crippen molar-refractivity contribution in [3.8, 4) is 0 Å². The van der Waals surface area contributed by atoms with Gasteiger partial charge in [0, 0.05) is 31.9 Å². The lowest BCUT2D eigenvalue weighted by Gasteiger charge is -2.32. The summed E-state index contributed by atoms with van der Waals surface area (Å²) in [6.07, 6.45) is 7.51. The minimum atomic E-state index is -0.173. The van der Waals surface area contributed by atoms with E-state index in [0.29, 0.717) is 6.04 Å². The predicted octanol–water partition coefficient (Wildman–Crippen LogP) is 1.52. The fraction of sp³-hybridized carbons (Fsp3) is 0.562. The summed E-state index contributed by atoms with van der Waals surface area (Å²) < 4.78 is 1.84. The molecule has 1 aliphatic rings. The van der Waals surface area contributed by atoms with Crippen LogP contribution in [0.1, 0.15) is 26.2 Å². The summed E-state index contributed by atoms with van der Waals surface area (Å²) in [5.41, 5.74) is 1.05. The second kappa shape index (κ2) is 7.41. The molecule has 0 amide bonds. The molecule has 2 aromatic heterocycles. The fourth-order valence-electron chi connectivity index (χ4n) is 2.85. The van der Waals surface area contributed by atoms with Gasteiger partial charge in [-0.25, -0.2) is 9.97 Å². The quantitative estimate of drug-likeness (QED) is 0.841. The highest BCUT2D eigenvalue weighted by Gasteiger charge is 2.20. The van der Waals surface area contributed by atoms with E-state index in [9.17, 15) is 5.11 Å². The van der Waals surface area contributed by atoms with E-state index >= 15 is 0 Å². The van der Waals surface area contributed by atoms with Crippen LogP contribution in [0.25, 0.3) is 0 Å². The lowest BCUT2D eigenvalue weighted by molar-refractivity contribution is 0.145. The van der Waals surface area contributed by atoms with Gasteiger partial charge in [-0.1, -0.05) is 0 Å². The standard InChI is InChI=1S/C16H24N6O/c1-13(4-10-22-12-17-11-19-22)20-15-3-2-7-18-16(15)21-8-5-14(23)6-9-21/h2-3,7,11-14,20,23H,4-6,8-10H2,1H3. The van der Waals surface area contributed by atoms with Crippen LogP contribution in [-0.2, 0) is 6.54 Å². The van der Waals surface area contributed by atoms with Crippen LogP contribution in [0.3, 0.4) is 0 Å². The highest BCUT2D eigenvalue weighted by atomic mass is 16.3. The van der Waals surface area contributed by atoms with Gasteiger partial charge in [-0.15, -0.1) is 0 Å². The van der Waals surface area contributed by atoms with Crippen molar-refractivity contribution in [2.24, 2.45) is 0 Å². The summed E-state index contributed by atoms with van der Waals surface area (Å²) in [6, 6.07) is 4.33. The molecule has 2 aromatic rings. The topological polar surface area (TPSA) is 79.1 Å². The van der Waals surface area contributed by atoms with Crippen molar-refractivity contribution < 1.29 is 5.11 Å². The van der Waals surface area contributed by atoms with Gasteiger partial charge in [0.05, 0.1) is 11.8 Å². The monoisotopic (exact) mass is 316 g/mol. The summed E-state index contributed by atoms with van der Waals surface area (Å²) in [5.74, 6) is 0.979. The Kier molecular flexibility index (Phi) is 5.07. The Hall–Kier alpha value is -2.15. The summed E-state index contributed by atoms with van der Waals surface area (Å²) >= 11 is 0. The highest BCUT2D eigenvalue weighted by Crippen LogP contribution is 2.26. The Morgan fingerprint density at radius 2 is 2.22 bits per heavy atom. The van der Waals surface area contributed by atoms with Gasteiger partial charge in [-0.2, -0.15) is 5.10 Å². The Labute approximate surface area is 136 Å². The van der Waals surface area contributed by atoms with E-state index in [0.717, 1.165) is 50.4 Å². The Bertz CT molecular complexity index is 594. The van der Waals surface area contributed by atoms with Crippen molar-refractivity contribution in [1.29, 1.82) is 0 Å². The molecule has 0 saturated carbocycles. The second-order valence-corrected chi connectivity index (χ2v) is 6.09. The van der Waals surface area contributed by atoms with Gasteiger partial charge in [-0.05, 0) is 38.3 Å². The van der Waals surface area contributed by atoms with E-state index in [4.69, 9.17) is 0 Å². The normalized spacial score (nSPS) is 17.2. The third-order valence-electron chi connectivity index (χ3n) is 4.21. The van der Waals surface area contributed by atoms with E-state index in [1.807, 2.05) is 16.9 Å². The number of rotatable bonds is 6. The predicted molar refractivity (Wildman–Crippen MR) is 89.4 cm³/mol. The lowest BCUT2D eigenvalue weighted by atomic mass is 10.1. The molecule has 1 unspecified atom stereocenters. The highest BCUT2D eigenvalue weighted by molar-refractivity contribution is 5.65. The molecular weight excluding hydrogens is 292 g/mol. The molecule has 0 spiro atoms. The van der Waals surface area contributed by atoms with E-state index in [2.05, 4.69) is 38.3 Å². The molecule has 124 valence electrons. The van der Waals surface area contributed by atoms with Gasteiger partial charge in [0.25, 0.3) is 0 Å². The molecule has 23 heavy (non-hydrogen) atoms. The van der Waals surface area contributed by atoms with Crippen LogP contribution in [0.15, 0.2) is 31.0 Å². The van der Waals surface area contributed by atoms with Crippen LogP contribution in [0.2, 0.25) is 0 Å². The minimum Gasteiger partial charge on any atom is -0.393 e. The molecule has 7 heteroatoms. The summed E-state index contributed by atoms with van der Waals surface area (Å²) in [4.78, 5) is 10.8. The second-order valence-electron chi connectivity index (χ2n) is 6.09. The number of nitrogens with one attached hydrogen (secondary N) is 1. The molecule has 2 N–H and O–H groups in total. The SMILES string of the molecule is CC(CCn1cncn1)Nc1cccnc1N1CCC(O)CC1. The number of aliphatic hydroxyl groups is 1. The van der Waals surface area contributed by atoms with E-state index in [-0.39, 0.29) is 6.10 Å². The average Bonchev–Trinajstić information content (AvgIpc) is 3.08. The maximum Gasteiger partial charge on any atom is 0.151 e. The van der Waals surface area contributed by atoms with Crippen molar-refractivity contribution in [3.63, 3.8) is 0 Å². The van der Waals surface area contributed by atoms with Crippen molar-refractivity contribution in [2.75, 3.05) is 23.3 Å². The van der Waals surface area contributed by atoms with E-state index < -0.39 is 0 Å². The van der Waals surface area contributed by atoms with Crippen LogP contribution in [0.5, 0.6) is 0 Å². The minimum absolute atomic E-state index is 0.173. The van der Waals surface area contributed by atoms with Gasteiger partial charge in [0.2, 0.25) is 0 Å². The zero-order chi connectivity index (χ0) is 16.1. The third-order valence-corrected chi connectivity index (χ3v) is 4.21. The molecule has 0 bridgehead atoms. The molecular formula is C16H24N6O. The molecule has 3 heterocycles. The van der Waals surface area contributed by atoms with Gasteiger partial charge in [0.15, 0.2) is 5.82 Å². The molecule has 0 aromatic carbocycles. The Morgan fingerprint density at radius 1 is 1.39 bits per heavy atom. The average molecular weight is 316 g/mol. The number of aromatic nitrogens is 4. The molecule has 1 fully saturated rings. The molecule has 1 aliphatic heterocycles. The zero-order valence-corrected chi connectivity index (χ0v) is 13.5. The number of piperidine rings is 1. The summed E-state index contributed by atoms with van der Waals surface area (Å²) in [7, 11) is 0. The molecule has 3 rings (SSSR count). The molecule has 0 aliphatic carbocycles. The summed E-state index contributed by atoms with van der Waals surface area (Å²) in [6.45, 7) is 4.69. The van der Waals surface area contributed by atoms with Crippen LogP contribution in [0, 0.1) is 0 Å². The van der Waals surface area contributed by atoms with Gasteiger partial charge >= 0.3 is 0 Å². The Morgan fingerprint density at radius 3 is 2.96 bits per heavy atom. The zero-order valence-electron chi connectivity index (χ0n) is 13.5. The largest absolute Gasteiger partial charge is 0.393 e. The van der Waals surface area contributed by atoms with E-state index in [1.165, 1.54) is 0 Å². The molecule has 1 atom stereocenters. The van der Waals surface area contributed by atoms with Crippen LogP contribution in [0.4, 0.5) is 11.5 Å². The molecule has 7 nitrogen and oxygen atoms in total. The maximum absolute atomic E-state index is 9.67. The molecule has 0 radical (unpaired) electrons. The van der Waals surface area contributed by atoms with Crippen molar-refractivity contribution in [3.05, 3.63) is 31.0 Å². The maximum atomic E-state index is 9.67. The number of aliphatic hydroxyl groups excluding tert-OH is 1. The summed E-state index contributed by atoms with van der Waals surface area (Å²) in [5, 5.41) is 17.4. The first-order valence-corrected chi connectivity index (χ1v) is 8.19. The lowest BCUT2D eigenvalue weighted by Crippen LogP contribution is -2.37. The van der Waals surface area contributed by atoms with Crippen LogP contribution >= 0.6 is 0 Å². The smallest absolute Gasteiger partial charge is 0.151 e. The van der Waals surface area contributed by atoms with Gasteiger partial charge in [-0.3, -0.25) is 4.68 Å². The Balaban J connectivity index is 1.60. The first kappa shape index (κ1) is 15.7. The number of anilines is 2. The van der Waals surface area contributed by atoms with Gasteiger partial charge in [0.1, 0.15) is 12.7 Å². The van der Waals surface area contributed by atoms with Gasteiger partial charge < -0.3 is 15.3 Å². The van der Waals surface area contributed by atoms with Crippen molar-refractivity contribution >= 4 is 11.5 Å². The van der Waals surface area contributed by atoms with E-state index in [1.54, 1.807) is 12.7 Å². The number of pyridine rings is 1. The number of nitrogens with zero attached hydrogens (tertiary/aromatic N) is 5. The van der Waals surface area contributed by atoms with Crippen LogP contribution < -0.4 is 10.2 Å².